The number of benzene rings is 2. The van der Waals surface area contributed by atoms with Gasteiger partial charge in [0.1, 0.15) is 17.6 Å². The molecule has 0 spiro atoms. The molecule has 1 unspecified atom stereocenters. The third-order valence-electron chi connectivity index (χ3n) is 6.19. The number of aliphatic hydroxyl groups excluding tert-OH is 1. The summed E-state index contributed by atoms with van der Waals surface area (Å²) in [7, 11) is 0. The number of aliphatic hydroxyl groups is 1. The van der Waals surface area contributed by atoms with Crippen LogP contribution in [-0.4, -0.2) is 74.7 Å². The van der Waals surface area contributed by atoms with Crippen molar-refractivity contribution in [2.24, 2.45) is 5.92 Å². The molecule has 2 atom stereocenters. The van der Waals surface area contributed by atoms with Crippen LogP contribution >= 0.6 is 0 Å². The topological polar surface area (TPSA) is 112 Å². The minimum Gasteiger partial charge on any atom is -0.445 e. The van der Waals surface area contributed by atoms with Crippen LogP contribution in [0.2, 0.25) is 0 Å². The molecule has 1 saturated heterocycles. The Labute approximate surface area is 204 Å². The quantitative estimate of drug-likeness (QED) is 0.507. The highest BCUT2D eigenvalue weighted by Gasteiger charge is 2.39. The molecule has 0 saturated carbocycles. The van der Waals surface area contributed by atoms with Crippen molar-refractivity contribution < 1.29 is 32.6 Å². The van der Waals surface area contributed by atoms with Crippen molar-refractivity contribution in [1.29, 1.82) is 0 Å². The summed E-state index contributed by atoms with van der Waals surface area (Å²) in [6, 6.07) is 10.3. The van der Waals surface area contributed by atoms with E-state index in [1.54, 1.807) is 30.0 Å². The van der Waals surface area contributed by atoms with Gasteiger partial charge in [0.25, 0.3) is 5.91 Å². The van der Waals surface area contributed by atoms with Crippen LogP contribution in [0.1, 0.15) is 40.9 Å². The highest BCUT2D eigenvalue weighted by molar-refractivity contribution is 5.97. The Morgan fingerprint density at radius 2 is 2.00 bits per heavy atom. The number of aromatic nitrogens is 3. The first-order valence-corrected chi connectivity index (χ1v) is 11.5. The lowest BCUT2D eigenvalue weighted by molar-refractivity contribution is -0.206. The Balaban J connectivity index is 1.30. The fourth-order valence-electron chi connectivity index (χ4n) is 4.24. The predicted molar refractivity (Wildman–Crippen MR) is 123 cm³/mol. The van der Waals surface area contributed by atoms with Crippen LogP contribution < -0.4 is 0 Å². The molecule has 0 aliphatic carbocycles. The maximum absolute atomic E-state index is 12.9. The van der Waals surface area contributed by atoms with Crippen molar-refractivity contribution in [3.05, 3.63) is 59.2 Å². The molecule has 192 valence electrons. The maximum Gasteiger partial charge on any atom is 0.418 e. The van der Waals surface area contributed by atoms with Gasteiger partial charge in [0.15, 0.2) is 6.10 Å². The highest BCUT2D eigenvalue weighted by atomic mass is 19.4. The highest BCUT2D eigenvalue weighted by Crippen LogP contribution is 2.32. The van der Waals surface area contributed by atoms with E-state index < -0.39 is 18.4 Å². The molecule has 1 aromatic heterocycles. The zero-order chi connectivity index (χ0) is 25.9. The Kier molecular flexibility index (Phi) is 7.43. The van der Waals surface area contributed by atoms with Gasteiger partial charge in [-0.2, -0.15) is 28.6 Å². The number of hydrogen-bond acceptors (Lipinski definition) is 6. The van der Waals surface area contributed by atoms with Crippen molar-refractivity contribution in [3.8, 4) is 0 Å². The largest absolute Gasteiger partial charge is 0.445 e. The number of rotatable bonds is 7. The molecule has 9 nitrogen and oxygen atoms in total. The number of carbonyl (C=O) groups is 2. The normalized spacial score (nSPS) is 16.8. The Bertz CT molecular complexity index is 1230. The van der Waals surface area contributed by atoms with Gasteiger partial charge in [-0.1, -0.05) is 18.2 Å². The van der Waals surface area contributed by atoms with Crippen molar-refractivity contribution in [3.63, 3.8) is 0 Å². The Morgan fingerprint density at radius 3 is 2.75 bits per heavy atom. The van der Waals surface area contributed by atoms with E-state index in [0.29, 0.717) is 48.3 Å². The molecular weight excluding hydrogens is 479 g/mol. The fourth-order valence-corrected chi connectivity index (χ4v) is 4.24. The molecule has 1 fully saturated rings. The second kappa shape index (κ2) is 10.5. The fraction of sp³-hybridized carbons (Fsp3) is 0.417. The standard InChI is InChI=1S/C24H26F3N5O4/c1-2-31(23(35)36-14-15-4-3-5-17(10-15)21(33)24(25,26)27)12-16-8-9-32(13-16)22(34)18-6-7-19-20(11-18)29-30-28-19/h3-7,10-11,16,21,33H,2,8-9,12-14H2,1H3,(H,28,29,30)/t16-,21?/m1/s1. The molecule has 12 heteroatoms. The van der Waals surface area contributed by atoms with Crippen LogP contribution in [0, 0.1) is 5.92 Å². The van der Waals surface area contributed by atoms with Crippen molar-refractivity contribution in [2.45, 2.75) is 32.2 Å². The second-order valence-electron chi connectivity index (χ2n) is 8.72. The van der Waals surface area contributed by atoms with Crippen LogP contribution in [0.4, 0.5) is 18.0 Å². The number of alkyl halides is 3. The molecule has 2 aromatic carbocycles. The van der Waals surface area contributed by atoms with E-state index >= 15 is 0 Å². The average molecular weight is 505 g/mol. The number of aromatic amines is 1. The van der Waals surface area contributed by atoms with Gasteiger partial charge in [-0.3, -0.25) is 4.79 Å². The van der Waals surface area contributed by atoms with Gasteiger partial charge in [0.05, 0.1) is 0 Å². The van der Waals surface area contributed by atoms with E-state index in [-0.39, 0.29) is 24.0 Å². The molecule has 0 radical (unpaired) electrons. The average Bonchev–Trinajstić information content (AvgIpc) is 3.53. The molecular formula is C24H26F3N5O4. The predicted octanol–water partition coefficient (Wildman–Crippen LogP) is 3.67. The summed E-state index contributed by atoms with van der Waals surface area (Å²) in [5, 5.41) is 19.9. The summed E-state index contributed by atoms with van der Waals surface area (Å²) in [6.45, 7) is 3.37. The summed E-state index contributed by atoms with van der Waals surface area (Å²) in [5.74, 6) is -0.0588. The van der Waals surface area contributed by atoms with Gasteiger partial charge in [-0.25, -0.2) is 4.79 Å². The molecule has 4 rings (SSSR count). The molecule has 0 bridgehead atoms. The lowest BCUT2D eigenvalue weighted by Gasteiger charge is -2.24. The van der Waals surface area contributed by atoms with Gasteiger partial charge in [0.2, 0.25) is 0 Å². The number of ether oxygens (including phenoxy) is 1. The maximum atomic E-state index is 12.9. The van der Waals surface area contributed by atoms with Gasteiger partial charge in [-0.15, -0.1) is 0 Å². The van der Waals surface area contributed by atoms with Crippen LogP contribution in [-0.2, 0) is 11.3 Å². The van der Waals surface area contributed by atoms with Gasteiger partial charge in [0, 0.05) is 31.7 Å². The third kappa shape index (κ3) is 5.76. The SMILES string of the molecule is CCN(C[C@H]1CCN(C(=O)c2ccc3n[nH]nc3c2)C1)C(=O)OCc1cccc(C(O)C(F)(F)F)c1. The number of likely N-dealkylation sites (tertiary alicyclic amines) is 1. The van der Waals surface area contributed by atoms with Crippen molar-refractivity contribution in [1.82, 2.24) is 25.2 Å². The number of amides is 2. The van der Waals surface area contributed by atoms with E-state index in [9.17, 15) is 27.9 Å². The Morgan fingerprint density at radius 1 is 1.22 bits per heavy atom. The van der Waals surface area contributed by atoms with E-state index in [0.717, 1.165) is 6.42 Å². The van der Waals surface area contributed by atoms with Gasteiger partial charge in [-0.05, 0) is 54.7 Å². The number of hydrogen-bond donors (Lipinski definition) is 2. The third-order valence-corrected chi connectivity index (χ3v) is 6.19. The number of nitrogens with zero attached hydrogens (tertiary/aromatic N) is 4. The van der Waals surface area contributed by atoms with E-state index in [1.807, 2.05) is 0 Å². The van der Waals surface area contributed by atoms with Gasteiger partial charge < -0.3 is 19.6 Å². The Hall–Kier alpha value is -3.67. The lowest BCUT2D eigenvalue weighted by atomic mass is 10.1. The summed E-state index contributed by atoms with van der Waals surface area (Å²) in [4.78, 5) is 28.8. The van der Waals surface area contributed by atoms with E-state index in [4.69, 9.17) is 4.74 Å². The number of halogens is 3. The van der Waals surface area contributed by atoms with Gasteiger partial charge >= 0.3 is 12.3 Å². The summed E-state index contributed by atoms with van der Waals surface area (Å²) < 4.78 is 43.6. The van der Waals surface area contributed by atoms with E-state index in [2.05, 4.69) is 15.4 Å². The number of carbonyl (C=O) groups excluding carboxylic acids is 2. The minimum atomic E-state index is -4.78. The summed E-state index contributed by atoms with van der Waals surface area (Å²) >= 11 is 0. The molecule has 2 N–H and O–H groups in total. The molecule has 1 aliphatic heterocycles. The minimum absolute atomic E-state index is 0.0579. The number of nitrogens with one attached hydrogen (secondary N) is 1. The van der Waals surface area contributed by atoms with E-state index in [1.165, 1.54) is 29.2 Å². The first-order chi connectivity index (χ1) is 17.2. The summed E-state index contributed by atoms with van der Waals surface area (Å²) in [6.07, 6.45) is -7.26. The monoisotopic (exact) mass is 505 g/mol. The first kappa shape index (κ1) is 25.4. The van der Waals surface area contributed by atoms with Crippen LogP contribution in [0.25, 0.3) is 11.0 Å². The van der Waals surface area contributed by atoms with Crippen LogP contribution in [0.15, 0.2) is 42.5 Å². The zero-order valence-corrected chi connectivity index (χ0v) is 19.5. The number of fused-ring (bicyclic) bond motifs is 1. The molecule has 36 heavy (non-hydrogen) atoms. The van der Waals surface area contributed by atoms with Crippen LogP contribution in [0.5, 0.6) is 0 Å². The lowest BCUT2D eigenvalue weighted by Crippen LogP contribution is -2.37. The van der Waals surface area contributed by atoms with Crippen LogP contribution in [0.3, 0.4) is 0 Å². The molecule has 3 aromatic rings. The summed E-state index contributed by atoms with van der Waals surface area (Å²) in [5.41, 5.74) is 1.81. The molecule has 2 amide bonds. The zero-order valence-electron chi connectivity index (χ0n) is 19.5. The number of H-pyrrole nitrogens is 1. The second-order valence-corrected chi connectivity index (χ2v) is 8.72. The molecule has 1 aliphatic rings. The first-order valence-electron chi connectivity index (χ1n) is 11.5. The van der Waals surface area contributed by atoms with Crippen molar-refractivity contribution in [2.75, 3.05) is 26.2 Å². The molecule has 2 heterocycles. The smallest absolute Gasteiger partial charge is 0.418 e. The van der Waals surface area contributed by atoms with Crippen molar-refractivity contribution >= 4 is 23.0 Å².